The monoisotopic (exact) mass is 156 g/mol. The number of rotatable bonds is 0. The molecule has 0 amide bonds. The fraction of sp³-hybridized carbons (Fsp3) is 1.00. The van der Waals surface area contributed by atoms with Crippen LogP contribution in [0.4, 0.5) is 0 Å². The molecule has 1 spiro atoms. The van der Waals surface area contributed by atoms with E-state index in [2.05, 4.69) is 11.8 Å². The van der Waals surface area contributed by atoms with E-state index in [0.717, 1.165) is 5.41 Å². The van der Waals surface area contributed by atoms with Crippen LogP contribution in [-0.2, 0) is 0 Å². The Bertz CT molecular complexity index is 106. The summed E-state index contributed by atoms with van der Waals surface area (Å²) < 4.78 is 0. The van der Waals surface area contributed by atoms with Crippen LogP contribution in [0.25, 0.3) is 0 Å². The van der Waals surface area contributed by atoms with Gasteiger partial charge in [-0.2, -0.15) is 11.8 Å². The maximum Gasteiger partial charge on any atom is -0.00623 e. The fourth-order valence-electron chi connectivity index (χ4n) is 2.24. The normalized spacial score (nSPS) is 31.2. The summed E-state index contributed by atoms with van der Waals surface area (Å²) in [5, 5.41) is 0. The SMILES string of the molecule is C1CSCCC2(C1)CCC2. The highest BCUT2D eigenvalue weighted by Gasteiger charge is 2.36. The number of thioether (sulfide) groups is 1. The van der Waals surface area contributed by atoms with Crippen LogP contribution in [0.1, 0.15) is 38.5 Å². The van der Waals surface area contributed by atoms with Gasteiger partial charge in [-0.1, -0.05) is 6.42 Å². The lowest BCUT2D eigenvalue weighted by Crippen LogP contribution is -2.28. The minimum absolute atomic E-state index is 0.865. The van der Waals surface area contributed by atoms with Crippen LogP contribution >= 0.6 is 11.8 Å². The van der Waals surface area contributed by atoms with E-state index in [4.69, 9.17) is 0 Å². The van der Waals surface area contributed by atoms with E-state index < -0.39 is 0 Å². The predicted molar refractivity (Wildman–Crippen MR) is 47.5 cm³/mol. The Morgan fingerprint density at radius 3 is 2.30 bits per heavy atom. The molecule has 0 bridgehead atoms. The lowest BCUT2D eigenvalue weighted by molar-refractivity contribution is 0.116. The third-order valence-electron chi connectivity index (χ3n) is 3.19. The molecule has 0 aromatic carbocycles. The summed E-state index contributed by atoms with van der Waals surface area (Å²) in [6, 6.07) is 0. The van der Waals surface area contributed by atoms with Gasteiger partial charge in [-0.15, -0.1) is 0 Å². The molecule has 0 aromatic heterocycles. The van der Waals surface area contributed by atoms with Crippen molar-refractivity contribution < 1.29 is 0 Å². The smallest absolute Gasteiger partial charge is 0.00623 e. The molecule has 0 aromatic rings. The molecule has 1 heteroatoms. The van der Waals surface area contributed by atoms with Crippen molar-refractivity contribution in [3.8, 4) is 0 Å². The molecule has 2 rings (SSSR count). The molecule has 2 aliphatic rings. The molecule has 58 valence electrons. The maximum atomic E-state index is 2.17. The molecule has 0 atom stereocenters. The first-order valence-corrected chi connectivity index (χ1v) is 5.65. The number of hydrogen-bond acceptors (Lipinski definition) is 1. The third kappa shape index (κ3) is 1.20. The van der Waals surface area contributed by atoms with Crippen molar-refractivity contribution in [2.24, 2.45) is 5.41 Å². The van der Waals surface area contributed by atoms with Crippen LogP contribution in [0.15, 0.2) is 0 Å². The Kier molecular flexibility index (Phi) is 1.94. The molecule has 1 heterocycles. The van der Waals surface area contributed by atoms with E-state index in [1.165, 1.54) is 30.8 Å². The van der Waals surface area contributed by atoms with Crippen LogP contribution in [0.5, 0.6) is 0 Å². The largest absolute Gasteiger partial charge is 0.162 e. The summed E-state index contributed by atoms with van der Waals surface area (Å²) in [5.74, 6) is 2.88. The summed E-state index contributed by atoms with van der Waals surface area (Å²) >= 11 is 2.17. The maximum absolute atomic E-state index is 2.17. The Morgan fingerprint density at radius 2 is 1.60 bits per heavy atom. The first-order chi connectivity index (χ1) is 4.91. The minimum Gasteiger partial charge on any atom is -0.162 e. The first-order valence-electron chi connectivity index (χ1n) is 4.49. The van der Waals surface area contributed by atoms with Crippen molar-refractivity contribution in [1.82, 2.24) is 0 Å². The summed E-state index contributed by atoms with van der Waals surface area (Å²) in [4.78, 5) is 0. The average molecular weight is 156 g/mol. The summed E-state index contributed by atoms with van der Waals surface area (Å²) in [6.45, 7) is 0. The zero-order chi connectivity index (χ0) is 6.86. The Morgan fingerprint density at radius 1 is 0.800 bits per heavy atom. The molecule has 1 saturated carbocycles. The van der Waals surface area contributed by atoms with Crippen molar-refractivity contribution >= 4 is 11.8 Å². The lowest BCUT2D eigenvalue weighted by Gasteiger charge is -2.41. The van der Waals surface area contributed by atoms with Gasteiger partial charge in [-0.25, -0.2) is 0 Å². The molecule has 1 aliphatic heterocycles. The highest BCUT2D eigenvalue weighted by atomic mass is 32.2. The highest BCUT2D eigenvalue weighted by molar-refractivity contribution is 7.99. The molecule has 0 N–H and O–H groups in total. The zero-order valence-electron chi connectivity index (χ0n) is 6.57. The van der Waals surface area contributed by atoms with Crippen molar-refractivity contribution in [3.63, 3.8) is 0 Å². The molecular formula is C9H16S. The zero-order valence-corrected chi connectivity index (χ0v) is 7.38. The van der Waals surface area contributed by atoms with Gasteiger partial charge >= 0.3 is 0 Å². The van der Waals surface area contributed by atoms with Gasteiger partial charge in [0.15, 0.2) is 0 Å². The topological polar surface area (TPSA) is 0 Å². The summed E-state index contributed by atoms with van der Waals surface area (Å²) in [5.41, 5.74) is 0.865. The first kappa shape index (κ1) is 7.02. The quantitative estimate of drug-likeness (QED) is 0.519. The van der Waals surface area contributed by atoms with E-state index in [9.17, 15) is 0 Å². The molecule has 0 unspecified atom stereocenters. The molecule has 0 radical (unpaired) electrons. The summed E-state index contributed by atoms with van der Waals surface area (Å²) in [6.07, 6.45) is 9.17. The van der Waals surface area contributed by atoms with Crippen molar-refractivity contribution in [3.05, 3.63) is 0 Å². The van der Waals surface area contributed by atoms with Crippen molar-refractivity contribution in [2.45, 2.75) is 38.5 Å². The van der Waals surface area contributed by atoms with E-state index in [1.54, 1.807) is 19.3 Å². The Hall–Kier alpha value is 0.350. The molecule has 10 heavy (non-hydrogen) atoms. The molecule has 2 fully saturated rings. The summed E-state index contributed by atoms with van der Waals surface area (Å²) in [7, 11) is 0. The third-order valence-corrected chi connectivity index (χ3v) is 4.26. The van der Waals surface area contributed by atoms with Gasteiger partial charge in [0.1, 0.15) is 0 Å². The second-order valence-corrected chi connectivity index (χ2v) is 5.04. The van der Waals surface area contributed by atoms with Crippen LogP contribution in [0.3, 0.4) is 0 Å². The van der Waals surface area contributed by atoms with Crippen LogP contribution in [0.2, 0.25) is 0 Å². The molecule has 1 aliphatic carbocycles. The Labute approximate surface area is 67.8 Å². The second kappa shape index (κ2) is 2.77. The van der Waals surface area contributed by atoms with Gasteiger partial charge in [0.2, 0.25) is 0 Å². The Balaban J connectivity index is 1.92. The van der Waals surface area contributed by atoms with E-state index in [-0.39, 0.29) is 0 Å². The van der Waals surface area contributed by atoms with Crippen molar-refractivity contribution in [2.75, 3.05) is 11.5 Å². The number of hydrogen-bond donors (Lipinski definition) is 0. The highest BCUT2D eigenvalue weighted by Crippen LogP contribution is 2.49. The van der Waals surface area contributed by atoms with Crippen LogP contribution in [-0.4, -0.2) is 11.5 Å². The van der Waals surface area contributed by atoms with Gasteiger partial charge < -0.3 is 0 Å². The minimum atomic E-state index is 0.865. The molecular weight excluding hydrogens is 140 g/mol. The van der Waals surface area contributed by atoms with E-state index >= 15 is 0 Å². The standard InChI is InChI=1S/C9H16S/c1-3-9(4-1)5-2-7-10-8-6-9/h1-8H2. The van der Waals surface area contributed by atoms with Crippen LogP contribution < -0.4 is 0 Å². The van der Waals surface area contributed by atoms with Gasteiger partial charge in [0, 0.05) is 0 Å². The van der Waals surface area contributed by atoms with Gasteiger partial charge in [-0.3, -0.25) is 0 Å². The molecule has 1 saturated heterocycles. The lowest BCUT2D eigenvalue weighted by atomic mass is 9.64. The predicted octanol–water partition coefficient (Wildman–Crippen LogP) is 3.07. The van der Waals surface area contributed by atoms with E-state index in [1.807, 2.05) is 0 Å². The molecule has 0 nitrogen and oxygen atoms in total. The average Bonchev–Trinajstić information content (AvgIpc) is 2.08. The van der Waals surface area contributed by atoms with Crippen LogP contribution in [0, 0.1) is 5.41 Å². The van der Waals surface area contributed by atoms with Gasteiger partial charge in [0.05, 0.1) is 0 Å². The van der Waals surface area contributed by atoms with E-state index in [0.29, 0.717) is 0 Å². The van der Waals surface area contributed by atoms with Gasteiger partial charge in [0.25, 0.3) is 0 Å². The van der Waals surface area contributed by atoms with Crippen molar-refractivity contribution in [1.29, 1.82) is 0 Å². The second-order valence-electron chi connectivity index (χ2n) is 3.82. The fourth-order valence-corrected chi connectivity index (χ4v) is 3.37. The van der Waals surface area contributed by atoms with Gasteiger partial charge in [-0.05, 0) is 49.0 Å².